The molecular formula is C10H17N3S. The van der Waals surface area contributed by atoms with Gasteiger partial charge in [0.1, 0.15) is 10.3 Å². The molecule has 0 amide bonds. The first-order chi connectivity index (χ1) is 6.68. The van der Waals surface area contributed by atoms with E-state index in [4.69, 9.17) is 5.26 Å². The fourth-order valence-electron chi connectivity index (χ4n) is 1.63. The molecule has 1 aliphatic carbocycles. The van der Waals surface area contributed by atoms with Crippen molar-refractivity contribution in [1.82, 2.24) is 0 Å². The zero-order chi connectivity index (χ0) is 10.4. The molecule has 0 aromatic carbocycles. The third-order valence-corrected chi connectivity index (χ3v) is 3.30. The largest absolute Gasteiger partial charge is 0.190 e. The van der Waals surface area contributed by atoms with E-state index < -0.39 is 0 Å². The summed E-state index contributed by atoms with van der Waals surface area (Å²) in [5.74, 6) is 0. The van der Waals surface area contributed by atoms with Crippen molar-refractivity contribution in [3.05, 3.63) is 0 Å². The molecule has 0 saturated heterocycles. The molecule has 78 valence electrons. The van der Waals surface area contributed by atoms with E-state index in [1.807, 2.05) is 13.8 Å². The number of thioether (sulfide) groups is 1. The van der Waals surface area contributed by atoms with Gasteiger partial charge in [-0.3, -0.25) is 0 Å². The van der Waals surface area contributed by atoms with E-state index in [9.17, 15) is 0 Å². The number of nitriles is 1. The predicted octanol–water partition coefficient (Wildman–Crippen LogP) is 3.72. The summed E-state index contributed by atoms with van der Waals surface area (Å²) in [6, 6.07) is 0.230. The van der Waals surface area contributed by atoms with Crippen LogP contribution < -0.4 is 0 Å². The van der Waals surface area contributed by atoms with E-state index in [1.165, 1.54) is 31.0 Å². The van der Waals surface area contributed by atoms with Crippen LogP contribution in [-0.2, 0) is 0 Å². The van der Waals surface area contributed by atoms with Crippen LogP contribution in [0.25, 0.3) is 0 Å². The van der Waals surface area contributed by atoms with Crippen LogP contribution in [0.4, 0.5) is 0 Å². The standard InChI is InChI=1S/C10H17N3S/c1-9(2)12-13-10(14-8-11)6-4-3-5-7-10/h9H,3-7H2,1-2H3. The van der Waals surface area contributed by atoms with Crippen molar-refractivity contribution in [3.8, 4) is 5.40 Å². The van der Waals surface area contributed by atoms with Crippen molar-refractivity contribution in [2.45, 2.75) is 56.9 Å². The fourth-order valence-corrected chi connectivity index (χ4v) is 2.38. The Kier molecular flexibility index (Phi) is 4.40. The van der Waals surface area contributed by atoms with Crippen molar-refractivity contribution >= 4 is 11.8 Å². The van der Waals surface area contributed by atoms with E-state index in [0.717, 1.165) is 12.8 Å². The molecule has 0 radical (unpaired) electrons. The highest BCUT2D eigenvalue weighted by atomic mass is 32.2. The van der Waals surface area contributed by atoms with Gasteiger partial charge in [-0.05, 0) is 38.5 Å². The Morgan fingerprint density at radius 3 is 2.43 bits per heavy atom. The Balaban J connectivity index is 2.65. The lowest BCUT2D eigenvalue weighted by Crippen LogP contribution is -2.24. The fraction of sp³-hybridized carbons (Fsp3) is 0.900. The van der Waals surface area contributed by atoms with Gasteiger partial charge < -0.3 is 0 Å². The van der Waals surface area contributed by atoms with Crippen LogP contribution in [0.2, 0.25) is 0 Å². The molecule has 0 spiro atoms. The van der Waals surface area contributed by atoms with Gasteiger partial charge in [0.25, 0.3) is 0 Å². The van der Waals surface area contributed by atoms with Gasteiger partial charge in [-0.1, -0.05) is 19.3 Å². The summed E-state index contributed by atoms with van der Waals surface area (Å²) in [5, 5.41) is 19.5. The third-order valence-electron chi connectivity index (χ3n) is 2.34. The first-order valence-corrected chi connectivity index (χ1v) is 5.99. The van der Waals surface area contributed by atoms with Crippen molar-refractivity contribution in [1.29, 1.82) is 5.26 Å². The Bertz CT molecular complexity index is 236. The number of nitrogens with zero attached hydrogens (tertiary/aromatic N) is 3. The summed E-state index contributed by atoms with van der Waals surface area (Å²) >= 11 is 1.29. The van der Waals surface area contributed by atoms with Crippen LogP contribution in [-0.4, -0.2) is 10.9 Å². The molecule has 1 rings (SSSR count). The highest BCUT2D eigenvalue weighted by Gasteiger charge is 2.33. The second-order valence-electron chi connectivity index (χ2n) is 4.01. The monoisotopic (exact) mass is 211 g/mol. The van der Waals surface area contributed by atoms with Crippen LogP contribution in [0.1, 0.15) is 46.0 Å². The van der Waals surface area contributed by atoms with E-state index in [-0.39, 0.29) is 10.9 Å². The van der Waals surface area contributed by atoms with Crippen LogP contribution in [0.5, 0.6) is 0 Å². The van der Waals surface area contributed by atoms with E-state index >= 15 is 0 Å². The Hall–Kier alpha value is -0.560. The van der Waals surface area contributed by atoms with Crippen molar-refractivity contribution in [3.63, 3.8) is 0 Å². The topological polar surface area (TPSA) is 48.5 Å². The number of rotatable bonds is 3. The highest BCUT2D eigenvalue weighted by Crippen LogP contribution is 2.40. The maximum absolute atomic E-state index is 8.76. The molecule has 0 N–H and O–H groups in total. The lowest BCUT2D eigenvalue weighted by atomic mass is 9.95. The average molecular weight is 211 g/mol. The molecule has 0 heterocycles. The smallest absolute Gasteiger partial charge is 0.140 e. The molecule has 14 heavy (non-hydrogen) atoms. The van der Waals surface area contributed by atoms with Gasteiger partial charge in [0, 0.05) is 0 Å². The molecule has 3 nitrogen and oxygen atoms in total. The number of hydrogen-bond acceptors (Lipinski definition) is 4. The SMILES string of the molecule is CC(C)N=NC1(SC#N)CCCCC1. The Morgan fingerprint density at radius 1 is 1.29 bits per heavy atom. The second kappa shape index (κ2) is 5.35. The highest BCUT2D eigenvalue weighted by molar-refractivity contribution is 8.05. The summed E-state index contributed by atoms with van der Waals surface area (Å²) < 4.78 is 0. The normalized spacial score (nSPS) is 21.3. The molecular weight excluding hydrogens is 194 g/mol. The lowest BCUT2D eigenvalue weighted by Gasteiger charge is -2.29. The second-order valence-corrected chi connectivity index (χ2v) is 5.16. The molecule has 1 fully saturated rings. The van der Waals surface area contributed by atoms with E-state index in [0.29, 0.717) is 0 Å². The summed E-state index contributed by atoms with van der Waals surface area (Å²) in [5.41, 5.74) is 0. The number of azo groups is 1. The van der Waals surface area contributed by atoms with Crippen LogP contribution in [0, 0.1) is 10.7 Å². The molecule has 0 aromatic heterocycles. The molecule has 0 atom stereocenters. The summed E-state index contributed by atoms with van der Waals surface area (Å²) in [6.07, 6.45) is 5.62. The predicted molar refractivity (Wildman–Crippen MR) is 59.0 cm³/mol. The maximum atomic E-state index is 8.76. The molecule has 0 aromatic rings. The van der Waals surface area contributed by atoms with Crippen molar-refractivity contribution < 1.29 is 0 Å². The van der Waals surface area contributed by atoms with Gasteiger partial charge in [-0.25, -0.2) is 0 Å². The maximum Gasteiger partial charge on any atom is 0.140 e. The summed E-state index contributed by atoms with van der Waals surface area (Å²) in [7, 11) is 0. The summed E-state index contributed by atoms with van der Waals surface area (Å²) in [6.45, 7) is 4.02. The third kappa shape index (κ3) is 3.30. The van der Waals surface area contributed by atoms with E-state index in [1.54, 1.807) is 0 Å². The minimum absolute atomic E-state index is 0.225. The number of hydrogen-bond donors (Lipinski definition) is 0. The molecule has 0 bridgehead atoms. The van der Waals surface area contributed by atoms with Gasteiger partial charge in [-0.2, -0.15) is 15.5 Å². The molecule has 1 saturated carbocycles. The quantitative estimate of drug-likeness (QED) is 0.527. The Morgan fingerprint density at radius 2 is 1.93 bits per heavy atom. The first kappa shape index (κ1) is 11.5. The van der Waals surface area contributed by atoms with Crippen LogP contribution in [0.3, 0.4) is 0 Å². The van der Waals surface area contributed by atoms with Gasteiger partial charge in [0.15, 0.2) is 0 Å². The zero-order valence-corrected chi connectivity index (χ0v) is 9.68. The van der Waals surface area contributed by atoms with Gasteiger partial charge >= 0.3 is 0 Å². The zero-order valence-electron chi connectivity index (χ0n) is 8.86. The van der Waals surface area contributed by atoms with E-state index in [2.05, 4.69) is 15.6 Å². The van der Waals surface area contributed by atoms with Gasteiger partial charge in [0.05, 0.1) is 6.04 Å². The first-order valence-electron chi connectivity index (χ1n) is 5.18. The van der Waals surface area contributed by atoms with Crippen LogP contribution >= 0.6 is 11.8 Å². The minimum atomic E-state index is -0.225. The average Bonchev–Trinajstić information content (AvgIpc) is 2.17. The van der Waals surface area contributed by atoms with Crippen LogP contribution in [0.15, 0.2) is 10.2 Å². The molecule has 1 aliphatic rings. The Labute approximate surface area is 90.0 Å². The van der Waals surface area contributed by atoms with Crippen molar-refractivity contribution in [2.75, 3.05) is 0 Å². The number of thiocyanates is 1. The van der Waals surface area contributed by atoms with Gasteiger partial charge in [-0.15, -0.1) is 0 Å². The molecule has 0 aliphatic heterocycles. The lowest BCUT2D eigenvalue weighted by molar-refractivity contribution is 0.391. The summed E-state index contributed by atoms with van der Waals surface area (Å²) in [4.78, 5) is -0.225. The molecule has 0 unspecified atom stereocenters. The van der Waals surface area contributed by atoms with Gasteiger partial charge in [0.2, 0.25) is 0 Å². The minimum Gasteiger partial charge on any atom is -0.190 e. The van der Waals surface area contributed by atoms with Crippen molar-refractivity contribution in [2.24, 2.45) is 10.2 Å². The molecule has 4 heteroatoms.